The van der Waals surface area contributed by atoms with E-state index < -0.39 is 11.7 Å². The Morgan fingerprint density at radius 2 is 1.82 bits per heavy atom. The van der Waals surface area contributed by atoms with Crippen LogP contribution in [0.5, 0.6) is 5.75 Å². The van der Waals surface area contributed by atoms with Crippen LogP contribution in [0, 0.1) is 12.7 Å². The first-order valence-electron chi connectivity index (χ1n) is 8.84. The molecule has 0 unspecified atom stereocenters. The summed E-state index contributed by atoms with van der Waals surface area (Å²) >= 11 is 0. The summed E-state index contributed by atoms with van der Waals surface area (Å²) in [6.07, 6.45) is 1.84. The number of nitrogens with zero attached hydrogens (tertiary/aromatic N) is 2. The van der Waals surface area contributed by atoms with Crippen LogP contribution in [0.15, 0.2) is 72.9 Å². The number of amides is 1. The van der Waals surface area contributed by atoms with Gasteiger partial charge in [0.05, 0.1) is 0 Å². The van der Waals surface area contributed by atoms with Crippen molar-refractivity contribution in [2.24, 2.45) is 0 Å². The van der Waals surface area contributed by atoms with Crippen molar-refractivity contribution in [2.45, 2.75) is 6.92 Å². The molecule has 140 valence electrons. The average molecular weight is 375 g/mol. The molecule has 0 spiro atoms. The third kappa shape index (κ3) is 3.44. The molecule has 2 aromatic heterocycles. The average Bonchev–Trinajstić information content (AvgIpc) is 3.08. The fourth-order valence-corrected chi connectivity index (χ4v) is 2.99. The Balaban J connectivity index is 1.65. The molecule has 0 saturated heterocycles. The maximum Gasteiger partial charge on any atom is 0.263 e. The molecule has 4 rings (SSSR count). The number of pyridine rings is 1. The molecular formula is C22H18FN3O2. The molecule has 0 aliphatic rings. The van der Waals surface area contributed by atoms with Crippen LogP contribution < -0.4 is 10.1 Å². The number of rotatable bonds is 5. The van der Waals surface area contributed by atoms with Crippen LogP contribution in [0.25, 0.3) is 16.9 Å². The van der Waals surface area contributed by atoms with Crippen molar-refractivity contribution in [1.29, 1.82) is 0 Å². The van der Waals surface area contributed by atoms with E-state index in [0.717, 1.165) is 16.8 Å². The van der Waals surface area contributed by atoms with Gasteiger partial charge in [-0.3, -0.25) is 9.20 Å². The number of nitrogens with one attached hydrogen (secondary N) is 1. The first-order chi connectivity index (χ1) is 13.6. The minimum absolute atomic E-state index is 0.0370. The Labute approximate surface area is 161 Å². The van der Waals surface area contributed by atoms with E-state index in [9.17, 15) is 9.18 Å². The number of halogens is 1. The van der Waals surface area contributed by atoms with Crippen LogP contribution in [0.2, 0.25) is 0 Å². The molecule has 0 atom stereocenters. The van der Waals surface area contributed by atoms with E-state index in [2.05, 4.69) is 5.32 Å². The summed E-state index contributed by atoms with van der Waals surface area (Å²) in [6, 6.07) is 19.5. The standard InChI is InChI=1S/C22H18FN3O2/c1-15-8-7-13-26-21(15)25-20(16-9-3-2-4-10-16)22(26)24-19(27)14-28-18-12-6-5-11-17(18)23/h2-13H,14H2,1H3,(H,24,27). The number of carbonyl (C=O) groups excluding carboxylic acids is 1. The lowest BCUT2D eigenvalue weighted by molar-refractivity contribution is -0.118. The van der Waals surface area contributed by atoms with Crippen LogP contribution in [0.3, 0.4) is 0 Å². The predicted octanol–water partition coefficient (Wildman–Crippen LogP) is 4.47. The van der Waals surface area contributed by atoms with Crippen LogP contribution in [0.4, 0.5) is 10.2 Å². The van der Waals surface area contributed by atoms with E-state index in [0.29, 0.717) is 11.5 Å². The molecule has 2 aromatic carbocycles. The van der Waals surface area contributed by atoms with Gasteiger partial charge >= 0.3 is 0 Å². The van der Waals surface area contributed by atoms with Crippen molar-refractivity contribution in [3.8, 4) is 17.0 Å². The molecule has 0 aliphatic carbocycles. The number of imidazole rings is 1. The molecule has 0 saturated carbocycles. The largest absolute Gasteiger partial charge is 0.481 e. The number of hydrogen-bond acceptors (Lipinski definition) is 3. The van der Waals surface area contributed by atoms with Crippen molar-refractivity contribution in [3.63, 3.8) is 0 Å². The molecule has 0 bridgehead atoms. The Hall–Kier alpha value is -3.67. The number of benzene rings is 2. The highest BCUT2D eigenvalue weighted by molar-refractivity contribution is 5.95. The number of carbonyl (C=O) groups is 1. The number of ether oxygens (including phenoxy) is 1. The number of fused-ring (bicyclic) bond motifs is 1. The van der Waals surface area contributed by atoms with E-state index in [4.69, 9.17) is 9.72 Å². The van der Waals surface area contributed by atoms with Gasteiger partial charge in [0.1, 0.15) is 17.2 Å². The molecule has 0 fully saturated rings. The molecule has 1 amide bonds. The number of aromatic nitrogens is 2. The minimum Gasteiger partial charge on any atom is -0.481 e. The summed E-state index contributed by atoms with van der Waals surface area (Å²) in [7, 11) is 0. The van der Waals surface area contributed by atoms with Crippen LogP contribution in [0.1, 0.15) is 5.56 Å². The van der Waals surface area contributed by atoms with Gasteiger partial charge in [0.15, 0.2) is 18.2 Å². The van der Waals surface area contributed by atoms with E-state index in [1.807, 2.05) is 60.0 Å². The summed E-state index contributed by atoms with van der Waals surface area (Å²) in [5, 5.41) is 2.86. The lowest BCUT2D eigenvalue weighted by atomic mass is 10.1. The Morgan fingerprint density at radius 1 is 1.07 bits per heavy atom. The number of aryl methyl sites for hydroxylation is 1. The summed E-state index contributed by atoms with van der Waals surface area (Å²) in [4.78, 5) is 17.2. The Bertz CT molecular complexity index is 1140. The zero-order chi connectivity index (χ0) is 19.5. The second-order valence-electron chi connectivity index (χ2n) is 6.33. The topological polar surface area (TPSA) is 55.6 Å². The monoisotopic (exact) mass is 375 g/mol. The third-order valence-electron chi connectivity index (χ3n) is 4.35. The zero-order valence-electron chi connectivity index (χ0n) is 15.2. The minimum atomic E-state index is -0.509. The summed E-state index contributed by atoms with van der Waals surface area (Å²) < 4.78 is 20.8. The SMILES string of the molecule is Cc1cccn2c(NC(=O)COc3ccccc3F)c(-c3ccccc3)nc12. The van der Waals surface area contributed by atoms with Crippen molar-refractivity contribution < 1.29 is 13.9 Å². The normalized spacial score (nSPS) is 10.8. The van der Waals surface area contributed by atoms with Crippen LogP contribution in [-0.2, 0) is 4.79 Å². The van der Waals surface area contributed by atoms with Crippen molar-refractivity contribution in [2.75, 3.05) is 11.9 Å². The Morgan fingerprint density at radius 3 is 2.61 bits per heavy atom. The number of anilines is 1. The van der Waals surface area contributed by atoms with E-state index in [1.165, 1.54) is 12.1 Å². The highest BCUT2D eigenvalue weighted by atomic mass is 19.1. The smallest absolute Gasteiger partial charge is 0.263 e. The van der Waals surface area contributed by atoms with Gasteiger partial charge in [0.25, 0.3) is 5.91 Å². The van der Waals surface area contributed by atoms with Crippen LogP contribution >= 0.6 is 0 Å². The van der Waals surface area contributed by atoms with E-state index in [1.54, 1.807) is 12.1 Å². The first-order valence-corrected chi connectivity index (χ1v) is 8.84. The second-order valence-corrected chi connectivity index (χ2v) is 6.33. The molecule has 5 nitrogen and oxygen atoms in total. The molecule has 0 aliphatic heterocycles. The maximum absolute atomic E-state index is 13.7. The van der Waals surface area contributed by atoms with E-state index in [-0.39, 0.29) is 12.4 Å². The summed E-state index contributed by atoms with van der Waals surface area (Å²) in [6.45, 7) is 1.65. The Kier molecular flexibility index (Phi) is 4.76. The highest BCUT2D eigenvalue weighted by Crippen LogP contribution is 2.29. The third-order valence-corrected chi connectivity index (χ3v) is 4.35. The summed E-state index contributed by atoms with van der Waals surface area (Å²) in [5.41, 5.74) is 3.29. The quantitative estimate of drug-likeness (QED) is 0.560. The molecule has 1 N–H and O–H groups in total. The lowest BCUT2D eigenvalue weighted by Crippen LogP contribution is -2.21. The molecule has 0 radical (unpaired) electrons. The molecule has 6 heteroatoms. The van der Waals surface area contributed by atoms with Gasteiger partial charge in [0.2, 0.25) is 0 Å². The van der Waals surface area contributed by atoms with E-state index >= 15 is 0 Å². The van der Waals surface area contributed by atoms with Gasteiger partial charge in [-0.1, -0.05) is 48.5 Å². The van der Waals surface area contributed by atoms with Crippen LogP contribution in [-0.4, -0.2) is 21.9 Å². The zero-order valence-corrected chi connectivity index (χ0v) is 15.2. The fraction of sp³-hybridized carbons (Fsp3) is 0.0909. The van der Waals surface area contributed by atoms with Gasteiger partial charge in [-0.2, -0.15) is 0 Å². The van der Waals surface area contributed by atoms with Gasteiger partial charge in [-0.25, -0.2) is 9.37 Å². The predicted molar refractivity (Wildman–Crippen MR) is 106 cm³/mol. The molecule has 28 heavy (non-hydrogen) atoms. The second kappa shape index (κ2) is 7.52. The maximum atomic E-state index is 13.7. The van der Waals surface area contributed by atoms with Crippen molar-refractivity contribution in [3.05, 3.63) is 84.3 Å². The number of hydrogen-bond donors (Lipinski definition) is 1. The first kappa shape index (κ1) is 17.7. The molecular weight excluding hydrogens is 357 g/mol. The lowest BCUT2D eigenvalue weighted by Gasteiger charge is -2.10. The number of para-hydroxylation sites is 1. The summed E-state index contributed by atoms with van der Waals surface area (Å²) in [5.74, 6) is -0.323. The van der Waals surface area contributed by atoms with Gasteiger partial charge in [-0.15, -0.1) is 0 Å². The van der Waals surface area contributed by atoms with Crippen molar-refractivity contribution in [1.82, 2.24) is 9.38 Å². The molecule has 4 aromatic rings. The van der Waals surface area contributed by atoms with Crippen molar-refractivity contribution >= 4 is 17.4 Å². The van der Waals surface area contributed by atoms with Gasteiger partial charge in [-0.05, 0) is 30.7 Å². The fourth-order valence-electron chi connectivity index (χ4n) is 2.99. The highest BCUT2D eigenvalue weighted by Gasteiger charge is 2.17. The van der Waals surface area contributed by atoms with Gasteiger partial charge < -0.3 is 10.1 Å². The van der Waals surface area contributed by atoms with Gasteiger partial charge in [0, 0.05) is 11.8 Å². The molecule has 2 heterocycles.